The quantitative estimate of drug-likeness (QED) is 0.804. The van der Waals surface area contributed by atoms with E-state index in [1.807, 2.05) is 11.3 Å². The third-order valence-electron chi connectivity index (χ3n) is 5.34. The van der Waals surface area contributed by atoms with E-state index in [1.165, 1.54) is 27.3 Å². The van der Waals surface area contributed by atoms with Crippen LogP contribution in [0, 0.1) is 6.92 Å². The lowest BCUT2D eigenvalue weighted by Crippen LogP contribution is -2.34. The Hall–Kier alpha value is -1.66. The number of aliphatic imine (C=N–C) groups is 1. The zero-order valence-electron chi connectivity index (χ0n) is 14.1. The lowest BCUT2D eigenvalue weighted by atomic mass is 9.78. The fraction of sp³-hybridized carbons (Fsp3) is 0.421. The first-order chi connectivity index (χ1) is 12.1. The summed E-state index contributed by atoms with van der Waals surface area (Å²) in [6.45, 7) is 2.39. The average molecular weight is 373 g/mol. The van der Waals surface area contributed by atoms with Crippen molar-refractivity contribution in [3.05, 3.63) is 34.2 Å². The first-order valence-corrected chi connectivity index (χ1v) is 10.5. The molecule has 1 atom stereocenters. The molecule has 0 saturated heterocycles. The Balaban J connectivity index is 1.61. The van der Waals surface area contributed by atoms with E-state index in [1.54, 1.807) is 11.8 Å². The van der Waals surface area contributed by atoms with E-state index in [9.17, 15) is 0 Å². The number of nitrogens with two attached hydrogens (primary N) is 1. The van der Waals surface area contributed by atoms with Gasteiger partial charge >= 0.3 is 0 Å². The van der Waals surface area contributed by atoms with E-state index in [4.69, 9.17) is 20.2 Å². The molecule has 1 aliphatic carbocycles. The van der Waals surface area contributed by atoms with Crippen molar-refractivity contribution >= 4 is 28.3 Å². The first-order valence-electron chi connectivity index (χ1n) is 8.67. The molecule has 0 bridgehead atoms. The molecule has 1 unspecified atom stereocenters. The van der Waals surface area contributed by atoms with Crippen LogP contribution in [0.5, 0.6) is 11.5 Å². The Kier molecular flexibility index (Phi) is 3.54. The standard InChI is InChI=1S/C19H20N2O2S2/c1-11-7-12(8-14-17(11)23-10-22-14)16-9-13-15(25-16)3-2-4-19(13)5-6-24-18(20)21-19/h7-9H,2-6,10H2,1H3,(H2,20,21). The van der Waals surface area contributed by atoms with E-state index >= 15 is 0 Å². The molecule has 6 heteroatoms. The van der Waals surface area contributed by atoms with Crippen LogP contribution >= 0.6 is 23.1 Å². The van der Waals surface area contributed by atoms with Crippen LogP contribution in [0.15, 0.2) is 23.2 Å². The predicted octanol–water partition coefficient (Wildman–Crippen LogP) is 4.44. The van der Waals surface area contributed by atoms with E-state index in [0.717, 1.165) is 47.2 Å². The van der Waals surface area contributed by atoms with Crippen molar-refractivity contribution in [2.75, 3.05) is 12.5 Å². The van der Waals surface area contributed by atoms with E-state index in [2.05, 4.69) is 25.1 Å². The van der Waals surface area contributed by atoms with Gasteiger partial charge in [-0.2, -0.15) is 0 Å². The minimum Gasteiger partial charge on any atom is -0.454 e. The highest BCUT2D eigenvalue weighted by Crippen LogP contribution is 2.50. The summed E-state index contributed by atoms with van der Waals surface area (Å²) < 4.78 is 11.2. The number of thioether (sulfide) groups is 1. The van der Waals surface area contributed by atoms with Gasteiger partial charge in [0.2, 0.25) is 6.79 Å². The van der Waals surface area contributed by atoms with Crippen molar-refractivity contribution < 1.29 is 9.47 Å². The van der Waals surface area contributed by atoms with Crippen molar-refractivity contribution in [3.63, 3.8) is 0 Å². The van der Waals surface area contributed by atoms with Crippen LogP contribution in [0.2, 0.25) is 0 Å². The number of thiophene rings is 1. The summed E-state index contributed by atoms with van der Waals surface area (Å²) in [7, 11) is 0. The molecule has 2 aromatic rings. The highest BCUT2D eigenvalue weighted by atomic mass is 32.2. The average Bonchev–Trinajstić information content (AvgIpc) is 3.22. The molecule has 0 amide bonds. The Bertz CT molecular complexity index is 890. The van der Waals surface area contributed by atoms with Gasteiger partial charge in [-0.3, -0.25) is 4.99 Å². The normalized spacial score (nSPS) is 24.3. The molecule has 25 heavy (non-hydrogen) atoms. The van der Waals surface area contributed by atoms with Crippen molar-refractivity contribution in [1.82, 2.24) is 0 Å². The first kappa shape index (κ1) is 15.6. The summed E-state index contributed by atoms with van der Waals surface area (Å²) in [6.07, 6.45) is 4.53. The van der Waals surface area contributed by atoms with Crippen LogP contribution in [-0.4, -0.2) is 17.7 Å². The van der Waals surface area contributed by atoms with Crippen LogP contribution in [-0.2, 0) is 12.0 Å². The maximum Gasteiger partial charge on any atom is 0.231 e. The van der Waals surface area contributed by atoms with Gasteiger partial charge in [0.25, 0.3) is 0 Å². The lowest BCUT2D eigenvalue weighted by molar-refractivity contribution is 0.173. The van der Waals surface area contributed by atoms with E-state index in [-0.39, 0.29) is 5.54 Å². The van der Waals surface area contributed by atoms with E-state index < -0.39 is 0 Å². The number of hydrogen-bond acceptors (Lipinski definition) is 6. The molecule has 0 fully saturated rings. The monoisotopic (exact) mass is 372 g/mol. The third-order valence-corrected chi connectivity index (χ3v) is 7.38. The summed E-state index contributed by atoms with van der Waals surface area (Å²) in [4.78, 5) is 7.68. The van der Waals surface area contributed by atoms with Crippen molar-refractivity contribution in [3.8, 4) is 21.9 Å². The van der Waals surface area contributed by atoms with Gasteiger partial charge < -0.3 is 15.2 Å². The van der Waals surface area contributed by atoms with Crippen molar-refractivity contribution in [2.45, 2.75) is 38.1 Å². The predicted molar refractivity (Wildman–Crippen MR) is 104 cm³/mol. The molecule has 5 rings (SSSR count). The highest BCUT2D eigenvalue weighted by molar-refractivity contribution is 8.13. The number of ether oxygens (including phenoxy) is 2. The molecule has 3 aliphatic rings. The zero-order valence-corrected chi connectivity index (χ0v) is 15.8. The number of hydrogen-bond donors (Lipinski definition) is 1. The molecular formula is C19H20N2O2S2. The van der Waals surface area contributed by atoms with Crippen LogP contribution in [0.1, 0.15) is 35.3 Å². The van der Waals surface area contributed by atoms with Gasteiger partial charge in [-0.1, -0.05) is 11.8 Å². The smallest absolute Gasteiger partial charge is 0.231 e. The number of fused-ring (bicyclic) bond motifs is 3. The van der Waals surface area contributed by atoms with Gasteiger partial charge in [-0.15, -0.1) is 11.3 Å². The minimum atomic E-state index is -0.0942. The topological polar surface area (TPSA) is 56.8 Å². The number of aryl methyl sites for hydroxylation is 2. The molecular weight excluding hydrogens is 352 g/mol. The molecule has 2 N–H and O–H groups in total. The summed E-state index contributed by atoms with van der Waals surface area (Å²) >= 11 is 3.58. The van der Waals surface area contributed by atoms with Crippen molar-refractivity contribution in [2.24, 2.45) is 10.7 Å². The lowest BCUT2D eigenvalue weighted by Gasteiger charge is -2.36. The second-order valence-corrected chi connectivity index (χ2v) is 9.16. The Labute approximate surface area is 155 Å². The number of nitrogens with zero attached hydrogens (tertiary/aromatic N) is 1. The molecule has 130 valence electrons. The van der Waals surface area contributed by atoms with Gasteiger partial charge in [0, 0.05) is 15.5 Å². The molecule has 4 nitrogen and oxygen atoms in total. The van der Waals surface area contributed by atoms with Crippen molar-refractivity contribution in [1.29, 1.82) is 0 Å². The van der Waals surface area contributed by atoms with Gasteiger partial charge in [-0.25, -0.2) is 0 Å². The largest absolute Gasteiger partial charge is 0.454 e. The minimum absolute atomic E-state index is 0.0942. The summed E-state index contributed by atoms with van der Waals surface area (Å²) in [6, 6.07) is 6.66. The van der Waals surface area contributed by atoms with Gasteiger partial charge in [0.05, 0.1) is 5.54 Å². The molecule has 1 aromatic heterocycles. The molecule has 0 radical (unpaired) electrons. The molecule has 1 spiro atoms. The van der Waals surface area contributed by atoms with Crippen LogP contribution in [0.4, 0.5) is 0 Å². The SMILES string of the molecule is Cc1cc(-c2cc3c(s2)CCCC32CCSC(N)=N2)cc2c1OCO2. The van der Waals surface area contributed by atoms with Crippen LogP contribution in [0.3, 0.4) is 0 Å². The summed E-state index contributed by atoms with van der Waals surface area (Å²) in [5, 5.41) is 0.741. The Morgan fingerprint density at radius 3 is 3.00 bits per heavy atom. The fourth-order valence-corrected chi connectivity index (χ4v) is 6.33. The van der Waals surface area contributed by atoms with Gasteiger partial charge in [0.15, 0.2) is 16.7 Å². The summed E-state index contributed by atoms with van der Waals surface area (Å²) in [5.41, 5.74) is 9.72. The summed E-state index contributed by atoms with van der Waals surface area (Å²) in [5.74, 6) is 2.79. The molecule has 3 heterocycles. The van der Waals surface area contributed by atoms with Gasteiger partial charge in [-0.05, 0) is 67.5 Å². The third kappa shape index (κ3) is 2.46. The van der Waals surface area contributed by atoms with Crippen LogP contribution in [0.25, 0.3) is 10.4 Å². The number of amidine groups is 1. The zero-order chi connectivity index (χ0) is 17.0. The maximum atomic E-state index is 6.08. The Morgan fingerprint density at radius 2 is 2.12 bits per heavy atom. The second kappa shape index (κ2) is 5.68. The maximum absolute atomic E-state index is 6.08. The highest BCUT2D eigenvalue weighted by Gasteiger charge is 2.39. The van der Waals surface area contributed by atoms with E-state index in [0.29, 0.717) is 6.79 Å². The van der Waals surface area contributed by atoms with Gasteiger partial charge in [0.1, 0.15) is 0 Å². The molecule has 2 aliphatic heterocycles. The second-order valence-electron chi connectivity index (χ2n) is 6.91. The Morgan fingerprint density at radius 1 is 1.20 bits per heavy atom. The van der Waals surface area contributed by atoms with Crippen LogP contribution < -0.4 is 15.2 Å². The molecule has 1 aromatic carbocycles. The number of benzene rings is 1. The fourth-order valence-electron chi connectivity index (χ4n) is 4.15. The molecule has 0 saturated carbocycles. The number of rotatable bonds is 1.